The summed E-state index contributed by atoms with van der Waals surface area (Å²) in [6, 6.07) is 0.231. The van der Waals surface area contributed by atoms with Crippen LogP contribution in [0.25, 0.3) is 0 Å². The van der Waals surface area contributed by atoms with E-state index in [4.69, 9.17) is 6.42 Å². The summed E-state index contributed by atoms with van der Waals surface area (Å²) in [6.07, 6.45) is 6.10. The van der Waals surface area contributed by atoms with E-state index in [9.17, 15) is 4.79 Å². The van der Waals surface area contributed by atoms with Gasteiger partial charge in [-0.3, -0.25) is 14.6 Å². The Morgan fingerprint density at radius 2 is 1.84 bits per heavy atom. The summed E-state index contributed by atoms with van der Waals surface area (Å²) < 4.78 is 0. The highest BCUT2D eigenvalue weighted by Gasteiger charge is 2.27. The molecule has 4 heteroatoms. The molecule has 0 aromatic carbocycles. The van der Waals surface area contributed by atoms with Gasteiger partial charge in [-0.2, -0.15) is 0 Å². The molecule has 0 saturated carbocycles. The number of carbonyl (C=O) groups is 1. The molecule has 1 aliphatic rings. The Hall–Kier alpha value is -1.05. The molecule has 0 spiro atoms. The number of piperazine rings is 1. The van der Waals surface area contributed by atoms with Crippen LogP contribution in [0.15, 0.2) is 0 Å². The number of hydrogen-bond donors (Lipinski definition) is 0. The first kappa shape index (κ1) is 16.0. The van der Waals surface area contributed by atoms with Crippen molar-refractivity contribution < 1.29 is 4.79 Å². The average Bonchev–Trinajstić information content (AvgIpc) is 2.43. The third-order valence-electron chi connectivity index (χ3n) is 4.01. The highest BCUT2D eigenvalue weighted by atomic mass is 16.2. The van der Waals surface area contributed by atoms with Gasteiger partial charge in [-0.1, -0.05) is 0 Å². The summed E-state index contributed by atoms with van der Waals surface area (Å²) in [5, 5.41) is 0. The quantitative estimate of drug-likeness (QED) is 0.691. The first-order chi connectivity index (χ1) is 8.97. The first-order valence-electron chi connectivity index (χ1n) is 7.14. The lowest BCUT2D eigenvalue weighted by Crippen LogP contribution is -2.54. The molecule has 0 unspecified atom stereocenters. The van der Waals surface area contributed by atoms with Crippen LogP contribution in [-0.2, 0) is 4.79 Å². The number of nitrogens with zero attached hydrogens (tertiary/aromatic N) is 3. The molecule has 0 aliphatic carbocycles. The van der Waals surface area contributed by atoms with E-state index in [0.717, 1.165) is 39.1 Å². The Balaban J connectivity index is 2.42. The van der Waals surface area contributed by atoms with Crippen molar-refractivity contribution in [2.24, 2.45) is 0 Å². The lowest BCUT2D eigenvalue weighted by molar-refractivity contribution is -0.137. The van der Waals surface area contributed by atoms with Crippen molar-refractivity contribution in [1.82, 2.24) is 14.7 Å². The van der Waals surface area contributed by atoms with Crippen molar-refractivity contribution in [2.75, 3.05) is 39.8 Å². The number of hydrogen-bond acceptors (Lipinski definition) is 3. The molecule has 108 valence electrons. The molecule has 1 amide bonds. The Labute approximate surface area is 117 Å². The minimum absolute atomic E-state index is 0.0258. The van der Waals surface area contributed by atoms with Gasteiger partial charge in [0.15, 0.2) is 0 Å². The van der Waals surface area contributed by atoms with Gasteiger partial charge >= 0.3 is 0 Å². The number of rotatable bonds is 5. The van der Waals surface area contributed by atoms with Crippen LogP contribution in [-0.4, -0.2) is 72.5 Å². The Morgan fingerprint density at radius 3 is 2.32 bits per heavy atom. The molecule has 0 aromatic heterocycles. The van der Waals surface area contributed by atoms with Crippen molar-refractivity contribution in [2.45, 2.75) is 39.3 Å². The van der Waals surface area contributed by atoms with E-state index in [1.807, 2.05) is 32.7 Å². The number of amides is 1. The van der Waals surface area contributed by atoms with Gasteiger partial charge < -0.3 is 4.90 Å². The molecular formula is C15H27N3O. The summed E-state index contributed by atoms with van der Waals surface area (Å²) in [5.41, 5.74) is 0. The normalized spacial score (nSPS) is 19.2. The lowest BCUT2D eigenvalue weighted by Gasteiger charge is -2.38. The first-order valence-corrected chi connectivity index (χ1v) is 7.14. The predicted octanol–water partition coefficient (Wildman–Crippen LogP) is 0.883. The van der Waals surface area contributed by atoms with E-state index in [0.29, 0.717) is 0 Å². The van der Waals surface area contributed by atoms with E-state index < -0.39 is 0 Å². The van der Waals surface area contributed by atoms with Crippen LogP contribution in [0, 0.1) is 12.3 Å². The van der Waals surface area contributed by atoms with E-state index in [2.05, 4.69) is 15.7 Å². The summed E-state index contributed by atoms with van der Waals surface area (Å²) in [6.45, 7) is 11.0. The van der Waals surface area contributed by atoms with E-state index in [1.165, 1.54) is 0 Å². The van der Waals surface area contributed by atoms with E-state index in [1.54, 1.807) is 0 Å². The SMILES string of the molecule is C#CCCN1CCN([C@@H](C)C(=O)N(C)C(C)C)CC1. The average molecular weight is 265 g/mol. The lowest BCUT2D eigenvalue weighted by atomic mass is 10.2. The maximum absolute atomic E-state index is 12.3. The van der Waals surface area contributed by atoms with Gasteiger partial charge in [0.25, 0.3) is 0 Å². The number of terminal acetylenes is 1. The topological polar surface area (TPSA) is 26.8 Å². The molecule has 0 radical (unpaired) electrons. The van der Waals surface area contributed by atoms with Crippen LogP contribution < -0.4 is 0 Å². The third-order valence-corrected chi connectivity index (χ3v) is 4.01. The summed E-state index contributed by atoms with van der Waals surface area (Å²) in [7, 11) is 1.88. The Kier molecular flexibility index (Phi) is 6.33. The summed E-state index contributed by atoms with van der Waals surface area (Å²) in [4.78, 5) is 18.8. The predicted molar refractivity (Wildman–Crippen MR) is 78.8 cm³/mol. The second-order valence-electron chi connectivity index (χ2n) is 5.55. The van der Waals surface area contributed by atoms with E-state index in [-0.39, 0.29) is 18.0 Å². The van der Waals surface area contributed by atoms with Crippen molar-refractivity contribution >= 4 is 5.91 Å². The van der Waals surface area contributed by atoms with Crippen LogP contribution in [0.1, 0.15) is 27.2 Å². The zero-order valence-electron chi connectivity index (χ0n) is 12.7. The molecule has 0 aromatic rings. The van der Waals surface area contributed by atoms with Gasteiger partial charge in [0.2, 0.25) is 5.91 Å². The molecule has 1 fully saturated rings. The fourth-order valence-electron chi connectivity index (χ4n) is 2.30. The van der Waals surface area contributed by atoms with Gasteiger partial charge in [-0.25, -0.2) is 0 Å². The van der Waals surface area contributed by atoms with Crippen LogP contribution in [0.2, 0.25) is 0 Å². The Bertz CT molecular complexity index is 327. The molecule has 1 heterocycles. The fourth-order valence-corrected chi connectivity index (χ4v) is 2.30. The van der Waals surface area contributed by atoms with Gasteiger partial charge in [-0.15, -0.1) is 12.3 Å². The Morgan fingerprint density at radius 1 is 1.26 bits per heavy atom. The molecule has 1 aliphatic heterocycles. The van der Waals surface area contributed by atoms with Gasteiger partial charge in [-0.05, 0) is 20.8 Å². The molecule has 1 saturated heterocycles. The van der Waals surface area contributed by atoms with Crippen LogP contribution in [0.5, 0.6) is 0 Å². The fraction of sp³-hybridized carbons (Fsp3) is 0.800. The zero-order valence-corrected chi connectivity index (χ0v) is 12.7. The molecule has 4 nitrogen and oxygen atoms in total. The van der Waals surface area contributed by atoms with Gasteiger partial charge in [0, 0.05) is 52.2 Å². The molecular weight excluding hydrogens is 238 g/mol. The van der Waals surface area contributed by atoms with Crippen LogP contribution >= 0.6 is 0 Å². The molecule has 1 rings (SSSR count). The van der Waals surface area contributed by atoms with Gasteiger partial charge in [0.05, 0.1) is 6.04 Å². The van der Waals surface area contributed by atoms with Crippen molar-refractivity contribution in [3.05, 3.63) is 0 Å². The summed E-state index contributed by atoms with van der Waals surface area (Å²) in [5.74, 6) is 2.89. The minimum atomic E-state index is -0.0258. The van der Waals surface area contributed by atoms with Crippen LogP contribution in [0.4, 0.5) is 0 Å². The molecule has 1 atom stereocenters. The third kappa shape index (κ3) is 4.52. The molecule has 0 N–H and O–H groups in total. The highest BCUT2D eigenvalue weighted by molar-refractivity contribution is 5.81. The second-order valence-corrected chi connectivity index (χ2v) is 5.55. The zero-order chi connectivity index (χ0) is 14.4. The maximum atomic E-state index is 12.3. The van der Waals surface area contributed by atoms with Crippen molar-refractivity contribution in [3.63, 3.8) is 0 Å². The number of likely N-dealkylation sites (N-methyl/N-ethyl adjacent to an activating group) is 1. The second kappa shape index (κ2) is 7.52. The highest BCUT2D eigenvalue weighted by Crippen LogP contribution is 2.10. The van der Waals surface area contributed by atoms with Gasteiger partial charge in [0.1, 0.15) is 0 Å². The maximum Gasteiger partial charge on any atom is 0.239 e. The largest absolute Gasteiger partial charge is 0.342 e. The standard InChI is InChI=1S/C15H27N3O/c1-6-7-8-17-9-11-18(12-10-17)14(4)15(19)16(5)13(2)3/h1,13-14H,7-12H2,2-5H3/t14-/m0/s1. The smallest absolute Gasteiger partial charge is 0.239 e. The van der Waals surface area contributed by atoms with E-state index >= 15 is 0 Å². The minimum Gasteiger partial charge on any atom is -0.342 e. The van der Waals surface area contributed by atoms with Crippen molar-refractivity contribution in [3.8, 4) is 12.3 Å². The molecule has 0 bridgehead atoms. The summed E-state index contributed by atoms with van der Waals surface area (Å²) >= 11 is 0. The van der Waals surface area contributed by atoms with Crippen LogP contribution in [0.3, 0.4) is 0 Å². The number of carbonyl (C=O) groups excluding carboxylic acids is 1. The van der Waals surface area contributed by atoms with Crippen molar-refractivity contribution in [1.29, 1.82) is 0 Å². The monoisotopic (exact) mass is 265 g/mol. The molecule has 19 heavy (non-hydrogen) atoms.